The summed E-state index contributed by atoms with van der Waals surface area (Å²) in [6, 6.07) is 4.03. The number of nitrogens with one attached hydrogen (secondary N) is 1. The predicted molar refractivity (Wildman–Crippen MR) is 72.6 cm³/mol. The summed E-state index contributed by atoms with van der Waals surface area (Å²) in [5, 5.41) is 3.21. The van der Waals surface area contributed by atoms with Crippen LogP contribution in [0.1, 0.15) is 30.2 Å². The van der Waals surface area contributed by atoms with Crippen LogP contribution in [0.3, 0.4) is 0 Å². The van der Waals surface area contributed by atoms with Gasteiger partial charge in [0, 0.05) is 31.6 Å². The lowest BCUT2D eigenvalue weighted by Gasteiger charge is -2.08. The Morgan fingerprint density at radius 3 is 2.72 bits per heavy atom. The summed E-state index contributed by atoms with van der Waals surface area (Å²) in [4.78, 5) is 12.9. The van der Waals surface area contributed by atoms with Crippen molar-refractivity contribution < 1.29 is 0 Å². The molecule has 0 unspecified atom stereocenters. The Kier molecular flexibility index (Phi) is 4.23. The largest absolute Gasteiger partial charge is 0.354 e. The van der Waals surface area contributed by atoms with Gasteiger partial charge in [-0.05, 0) is 36.6 Å². The van der Waals surface area contributed by atoms with Crippen LogP contribution in [0.5, 0.6) is 0 Å². The molecule has 2 heterocycles. The minimum Gasteiger partial charge on any atom is -0.354 e. The standard InChI is InChI=1S/C14H18N4/c1-3-6-16-14-17-10-11(2)13(18-14)9-12-4-7-15-8-5-12/h4-5,7-8,10H,3,6,9H2,1-2H3,(H,16,17,18). The van der Waals surface area contributed by atoms with E-state index >= 15 is 0 Å². The average molecular weight is 242 g/mol. The second-order valence-corrected chi connectivity index (χ2v) is 4.28. The number of nitrogens with zero attached hydrogens (tertiary/aromatic N) is 3. The number of anilines is 1. The molecular weight excluding hydrogens is 224 g/mol. The number of rotatable bonds is 5. The number of hydrogen-bond acceptors (Lipinski definition) is 4. The average Bonchev–Trinajstić information content (AvgIpc) is 2.41. The molecule has 1 N–H and O–H groups in total. The third-order valence-electron chi connectivity index (χ3n) is 2.73. The fraction of sp³-hybridized carbons (Fsp3) is 0.357. The number of aromatic nitrogens is 3. The third kappa shape index (κ3) is 3.26. The molecule has 0 radical (unpaired) electrons. The van der Waals surface area contributed by atoms with Gasteiger partial charge in [0.05, 0.1) is 5.69 Å². The molecule has 0 bridgehead atoms. The van der Waals surface area contributed by atoms with Crippen molar-refractivity contribution >= 4 is 5.95 Å². The summed E-state index contributed by atoms with van der Waals surface area (Å²) in [5.41, 5.74) is 3.40. The first-order chi connectivity index (χ1) is 8.79. The molecule has 0 atom stereocenters. The van der Waals surface area contributed by atoms with Crippen LogP contribution >= 0.6 is 0 Å². The molecule has 0 fully saturated rings. The van der Waals surface area contributed by atoms with E-state index in [-0.39, 0.29) is 0 Å². The molecule has 0 aliphatic carbocycles. The van der Waals surface area contributed by atoms with E-state index in [0.717, 1.165) is 30.6 Å². The van der Waals surface area contributed by atoms with Crippen LogP contribution in [-0.2, 0) is 6.42 Å². The van der Waals surface area contributed by atoms with E-state index < -0.39 is 0 Å². The van der Waals surface area contributed by atoms with Gasteiger partial charge in [0.1, 0.15) is 0 Å². The zero-order valence-corrected chi connectivity index (χ0v) is 10.8. The first kappa shape index (κ1) is 12.5. The van der Waals surface area contributed by atoms with Gasteiger partial charge in [-0.25, -0.2) is 9.97 Å². The van der Waals surface area contributed by atoms with Crippen molar-refractivity contribution in [1.82, 2.24) is 15.0 Å². The summed E-state index contributed by atoms with van der Waals surface area (Å²) >= 11 is 0. The monoisotopic (exact) mass is 242 g/mol. The Balaban J connectivity index is 2.16. The van der Waals surface area contributed by atoms with Gasteiger partial charge in [-0.3, -0.25) is 4.98 Å². The summed E-state index contributed by atoms with van der Waals surface area (Å²) in [6.07, 6.45) is 7.38. The summed E-state index contributed by atoms with van der Waals surface area (Å²) in [7, 11) is 0. The topological polar surface area (TPSA) is 50.7 Å². The zero-order valence-electron chi connectivity index (χ0n) is 10.8. The van der Waals surface area contributed by atoms with Crippen molar-refractivity contribution in [3.63, 3.8) is 0 Å². The minimum absolute atomic E-state index is 0.714. The van der Waals surface area contributed by atoms with Crippen LogP contribution in [-0.4, -0.2) is 21.5 Å². The van der Waals surface area contributed by atoms with E-state index in [2.05, 4.69) is 27.2 Å². The van der Waals surface area contributed by atoms with Gasteiger partial charge in [0.15, 0.2) is 0 Å². The summed E-state index contributed by atoms with van der Waals surface area (Å²) < 4.78 is 0. The first-order valence-electron chi connectivity index (χ1n) is 6.25. The highest BCUT2D eigenvalue weighted by Gasteiger charge is 2.04. The molecule has 0 amide bonds. The number of aryl methyl sites for hydroxylation is 1. The Labute approximate surface area is 108 Å². The molecule has 2 aromatic rings. The molecule has 4 heteroatoms. The first-order valence-corrected chi connectivity index (χ1v) is 6.25. The van der Waals surface area contributed by atoms with Crippen molar-refractivity contribution in [2.45, 2.75) is 26.7 Å². The summed E-state index contributed by atoms with van der Waals surface area (Å²) in [5.74, 6) is 0.714. The van der Waals surface area contributed by atoms with E-state index in [1.54, 1.807) is 0 Å². The molecule has 0 aliphatic rings. The second kappa shape index (κ2) is 6.10. The molecule has 2 rings (SSSR count). The molecule has 2 aromatic heterocycles. The highest BCUT2D eigenvalue weighted by Crippen LogP contribution is 2.12. The van der Waals surface area contributed by atoms with E-state index in [9.17, 15) is 0 Å². The molecule has 0 spiro atoms. The van der Waals surface area contributed by atoms with Crippen LogP contribution < -0.4 is 5.32 Å². The molecule has 0 aromatic carbocycles. The molecule has 0 aliphatic heterocycles. The van der Waals surface area contributed by atoms with Crippen molar-refractivity contribution in [2.75, 3.05) is 11.9 Å². The second-order valence-electron chi connectivity index (χ2n) is 4.28. The van der Waals surface area contributed by atoms with Crippen molar-refractivity contribution in [2.24, 2.45) is 0 Å². The minimum atomic E-state index is 0.714. The quantitative estimate of drug-likeness (QED) is 0.875. The Hall–Kier alpha value is -1.97. The van der Waals surface area contributed by atoms with Crippen molar-refractivity contribution in [3.8, 4) is 0 Å². The zero-order chi connectivity index (χ0) is 12.8. The lowest BCUT2D eigenvalue weighted by Crippen LogP contribution is -2.07. The van der Waals surface area contributed by atoms with E-state index in [1.165, 1.54) is 5.56 Å². The highest BCUT2D eigenvalue weighted by atomic mass is 15.1. The normalized spacial score (nSPS) is 10.3. The third-order valence-corrected chi connectivity index (χ3v) is 2.73. The maximum atomic E-state index is 4.56. The maximum absolute atomic E-state index is 4.56. The van der Waals surface area contributed by atoms with Gasteiger partial charge >= 0.3 is 0 Å². The Bertz CT molecular complexity index is 496. The van der Waals surface area contributed by atoms with E-state index in [1.807, 2.05) is 37.6 Å². The van der Waals surface area contributed by atoms with Crippen LogP contribution in [0.2, 0.25) is 0 Å². The molecule has 94 valence electrons. The van der Waals surface area contributed by atoms with E-state index in [0.29, 0.717) is 5.95 Å². The highest BCUT2D eigenvalue weighted by molar-refractivity contribution is 5.31. The van der Waals surface area contributed by atoms with Gasteiger partial charge in [-0.1, -0.05) is 6.92 Å². The SMILES string of the molecule is CCCNc1ncc(C)c(Cc2ccncc2)n1. The fourth-order valence-electron chi connectivity index (χ4n) is 1.67. The predicted octanol–water partition coefficient (Wildman–Crippen LogP) is 2.59. The van der Waals surface area contributed by atoms with Crippen molar-refractivity contribution in [1.29, 1.82) is 0 Å². The van der Waals surface area contributed by atoms with Crippen LogP contribution in [0, 0.1) is 6.92 Å². The lowest BCUT2D eigenvalue weighted by atomic mass is 10.1. The molecular formula is C14H18N4. The van der Waals surface area contributed by atoms with Gasteiger partial charge < -0.3 is 5.32 Å². The van der Waals surface area contributed by atoms with Gasteiger partial charge in [-0.15, -0.1) is 0 Å². The van der Waals surface area contributed by atoms with Crippen molar-refractivity contribution in [3.05, 3.63) is 47.5 Å². The van der Waals surface area contributed by atoms with Crippen LogP contribution in [0.4, 0.5) is 5.95 Å². The smallest absolute Gasteiger partial charge is 0.222 e. The summed E-state index contributed by atoms with van der Waals surface area (Å²) in [6.45, 7) is 5.07. The molecule has 0 saturated heterocycles. The maximum Gasteiger partial charge on any atom is 0.222 e. The lowest BCUT2D eigenvalue weighted by molar-refractivity contribution is 0.928. The van der Waals surface area contributed by atoms with Crippen LogP contribution in [0.15, 0.2) is 30.7 Å². The fourth-order valence-corrected chi connectivity index (χ4v) is 1.67. The van der Waals surface area contributed by atoms with Gasteiger partial charge in [0.25, 0.3) is 0 Å². The number of hydrogen-bond donors (Lipinski definition) is 1. The van der Waals surface area contributed by atoms with Gasteiger partial charge in [-0.2, -0.15) is 0 Å². The Morgan fingerprint density at radius 2 is 2.00 bits per heavy atom. The number of pyridine rings is 1. The molecule has 4 nitrogen and oxygen atoms in total. The molecule has 18 heavy (non-hydrogen) atoms. The van der Waals surface area contributed by atoms with E-state index in [4.69, 9.17) is 0 Å². The Morgan fingerprint density at radius 1 is 1.22 bits per heavy atom. The molecule has 0 saturated carbocycles. The van der Waals surface area contributed by atoms with Crippen LogP contribution in [0.25, 0.3) is 0 Å². The van der Waals surface area contributed by atoms with Gasteiger partial charge in [0.2, 0.25) is 5.95 Å².